The third kappa shape index (κ3) is 4.76. The fraction of sp³-hybridized carbons (Fsp3) is 0. The largest absolute Gasteiger partial charge is 0.284 e. The summed E-state index contributed by atoms with van der Waals surface area (Å²) < 4.78 is 2.05. The van der Waals surface area contributed by atoms with Gasteiger partial charge >= 0.3 is 0 Å². The van der Waals surface area contributed by atoms with Crippen LogP contribution in [0.15, 0.2) is 146 Å². The molecule has 0 amide bonds. The molecule has 0 spiro atoms. The van der Waals surface area contributed by atoms with Crippen molar-refractivity contribution < 1.29 is 0 Å². The Balaban J connectivity index is 1.12. The van der Waals surface area contributed by atoms with Gasteiger partial charge in [-0.15, -0.1) is 0 Å². The van der Waals surface area contributed by atoms with Gasteiger partial charge in [-0.3, -0.25) is 14.4 Å². The van der Waals surface area contributed by atoms with E-state index in [1.54, 1.807) is 24.8 Å². The Morgan fingerprint density at radius 2 is 1.11 bits per heavy atom. The standard InChI is InChI=1S/C39H24N8/c1-2-11-32-31(10-1)34(43-39-35(32)42-33-12-3-4-22-47(33)39)29-8-5-7-28(23-29)25-13-15-26(16-14-25)36-44-37(27-17-20-40-21-18-27)46-38(45-36)30-9-6-19-41-24-30/h1-24H. The lowest BCUT2D eigenvalue weighted by atomic mass is 9.98. The summed E-state index contributed by atoms with van der Waals surface area (Å²) >= 11 is 0. The van der Waals surface area contributed by atoms with Crippen LogP contribution in [-0.2, 0) is 0 Å². The van der Waals surface area contributed by atoms with Gasteiger partial charge in [0.05, 0.1) is 5.69 Å². The predicted molar refractivity (Wildman–Crippen MR) is 184 cm³/mol. The number of nitrogens with zero attached hydrogens (tertiary/aromatic N) is 8. The van der Waals surface area contributed by atoms with Crippen molar-refractivity contribution in [1.29, 1.82) is 0 Å². The topological polar surface area (TPSA) is 94.6 Å². The molecule has 0 atom stereocenters. The number of imidazole rings is 1. The molecule has 0 N–H and O–H groups in total. The van der Waals surface area contributed by atoms with Crippen molar-refractivity contribution in [2.75, 3.05) is 0 Å². The molecule has 0 aliphatic heterocycles. The van der Waals surface area contributed by atoms with Crippen LogP contribution >= 0.6 is 0 Å². The van der Waals surface area contributed by atoms with E-state index in [2.05, 4.69) is 87.2 Å². The van der Waals surface area contributed by atoms with E-state index in [1.807, 2.05) is 48.7 Å². The fourth-order valence-corrected chi connectivity index (χ4v) is 5.97. The molecule has 0 aliphatic rings. The van der Waals surface area contributed by atoms with E-state index < -0.39 is 0 Å². The smallest absolute Gasteiger partial charge is 0.165 e. The number of pyridine rings is 4. The number of aromatic nitrogens is 8. The predicted octanol–water partition coefficient (Wildman–Crippen LogP) is 8.35. The molecule has 0 unspecified atom stereocenters. The molecule has 9 aromatic rings. The van der Waals surface area contributed by atoms with Crippen LogP contribution < -0.4 is 0 Å². The molecule has 0 bridgehead atoms. The lowest BCUT2D eigenvalue weighted by Gasteiger charge is -2.11. The Morgan fingerprint density at radius 3 is 1.89 bits per heavy atom. The highest BCUT2D eigenvalue weighted by atomic mass is 15.1. The van der Waals surface area contributed by atoms with Gasteiger partial charge in [-0.2, -0.15) is 0 Å². The van der Waals surface area contributed by atoms with Gasteiger partial charge in [0.25, 0.3) is 0 Å². The second-order valence-corrected chi connectivity index (χ2v) is 11.2. The second-order valence-electron chi connectivity index (χ2n) is 11.2. The zero-order chi connectivity index (χ0) is 31.2. The summed E-state index contributed by atoms with van der Waals surface area (Å²) in [5, 5.41) is 2.15. The van der Waals surface area contributed by atoms with E-state index in [4.69, 9.17) is 24.9 Å². The van der Waals surface area contributed by atoms with Crippen LogP contribution in [0.1, 0.15) is 0 Å². The number of hydrogen-bond acceptors (Lipinski definition) is 7. The normalized spacial score (nSPS) is 11.4. The van der Waals surface area contributed by atoms with Gasteiger partial charge in [0.15, 0.2) is 23.1 Å². The molecule has 47 heavy (non-hydrogen) atoms. The highest BCUT2D eigenvalue weighted by molar-refractivity contribution is 6.09. The van der Waals surface area contributed by atoms with Gasteiger partial charge in [0, 0.05) is 64.0 Å². The van der Waals surface area contributed by atoms with Crippen LogP contribution in [0.2, 0.25) is 0 Å². The Bertz CT molecular complexity index is 2500. The van der Waals surface area contributed by atoms with Gasteiger partial charge < -0.3 is 0 Å². The van der Waals surface area contributed by atoms with Crippen molar-refractivity contribution >= 4 is 27.6 Å². The zero-order valence-electron chi connectivity index (χ0n) is 24.9. The maximum absolute atomic E-state index is 5.19. The van der Waals surface area contributed by atoms with Crippen molar-refractivity contribution in [3.05, 3.63) is 146 Å². The first-order valence-electron chi connectivity index (χ1n) is 15.2. The van der Waals surface area contributed by atoms with Gasteiger partial charge in [0.1, 0.15) is 11.2 Å². The van der Waals surface area contributed by atoms with E-state index >= 15 is 0 Å². The Hall–Kier alpha value is -6.67. The third-order valence-corrected chi connectivity index (χ3v) is 8.27. The Morgan fingerprint density at radius 1 is 0.426 bits per heavy atom. The van der Waals surface area contributed by atoms with Crippen molar-refractivity contribution in [3.8, 4) is 56.5 Å². The van der Waals surface area contributed by atoms with Crippen LogP contribution in [0.25, 0.3) is 84.1 Å². The first kappa shape index (κ1) is 26.7. The summed E-state index contributed by atoms with van der Waals surface area (Å²) in [7, 11) is 0. The third-order valence-electron chi connectivity index (χ3n) is 8.27. The molecule has 3 aromatic carbocycles. The van der Waals surface area contributed by atoms with E-state index in [0.717, 1.165) is 66.7 Å². The minimum atomic E-state index is 0.564. The molecule has 6 heterocycles. The van der Waals surface area contributed by atoms with Crippen LogP contribution in [0.3, 0.4) is 0 Å². The quantitative estimate of drug-likeness (QED) is 0.195. The van der Waals surface area contributed by atoms with E-state index in [-0.39, 0.29) is 0 Å². The number of rotatable bonds is 5. The highest BCUT2D eigenvalue weighted by Gasteiger charge is 2.16. The van der Waals surface area contributed by atoms with Gasteiger partial charge in [0.2, 0.25) is 0 Å². The van der Waals surface area contributed by atoms with Crippen LogP contribution in [0, 0.1) is 0 Å². The molecule has 0 saturated heterocycles. The summed E-state index contributed by atoms with van der Waals surface area (Å²) in [5.74, 6) is 1.73. The molecule has 220 valence electrons. The molecule has 8 heteroatoms. The van der Waals surface area contributed by atoms with Crippen LogP contribution in [0.4, 0.5) is 0 Å². The van der Waals surface area contributed by atoms with Crippen molar-refractivity contribution in [1.82, 2.24) is 39.3 Å². The maximum Gasteiger partial charge on any atom is 0.165 e. The molecule has 0 saturated carbocycles. The Kier molecular flexibility index (Phi) is 6.28. The van der Waals surface area contributed by atoms with E-state index in [9.17, 15) is 0 Å². The van der Waals surface area contributed by atoms with Crippen molar-refractivity contribution in [3.63, 3.8) is 0 Å². The van der Waals surface area contributed by atoms with E-state index in [0.29, 0.717) is 17.5 Å². The first-order chi connectivity index (χ1) is 23.3. The minimum absolute atomic E-state index is 0.564. The maximum atomic E-state index is 5.19. The number of benzene rings is 3. The van der Waals surface area contributed by atoms with Gasteiger partial charge in [-0.25, -0.2) is 24.9 Å². The van der Waals surface area contributed by atoms with Gasteiger partial charge in [-0.1, -0.05) is 72.8 Å². The molecule has 0 aliphatic carbocycles. The number of fused-ring (bicyclic) bond motifs is 5. The monoisotopic (exact) mass is 604 g/mol. The first-order valence-corrected chi connectivity index (χ1v) is 15.2. The molecule has 8 nitrogen and oxygen atoms in total. The van der Waals surface area contributed by atoms with Gasteiger partial charge in [-0.05, 0) is 53.6 Å². The summed E-state index contributed by atoms with van der Waals surface area (Å²) in [5.41, 5.74) is 9.33. The zero-order valence-corrected chi connectivity index (χ0v) is 24.9. The summed E-state index contributed by atoms with van der Waals surface area (Å²) in [4.78, 5) is 32.9. The van der Waals surface area contributed by atoms with E-state index in [1.165, 1.54) is 0 Å². The number of hydrogen-bond donors (Lipinski definition) is 0. The lowest BCUT2D eigenvalue weighted by molar-refractivity contribution is 1.07. The fourth-order valence-electron chi connectivity index (χ4n) is 5.97. The summed E-state index contributed by atoms with van der Waals surface area (Å²) in [6, 6.07) is 38.8. The lowest BCUT2D eigenvalue weighted by Crippen LogP contribution is -2.00. The van der Waals surface area contributed by atoms with Crippen LogP contribution in [0.5, 0.6) is 0 Å². The average molecular weight is 605 g/mol. The summed E-state index contributed by atoms with van der Waals surface area (Å²) in [6.07, 6.45) is 8.98. The average Bonchev–Trinajstić information content (AvgIpc) is 3.54. The summed E-state index contributed by atoms with van der Waals surface area (Å²) in [6.45, 7) is 0. The molecule has 0 radical (unpaired) electrons. The van der Waals surface area contributed by atoms with Crippen molar-refractivity contribution in [2.24, 2.45) is 0 Å². The minimum Gasteiger partial charge on any atom is -0.284 e. The molecule has 9 rings (SSSR count). The highest BCUT2D eigenvalue weighted by Crippen LogP contribution is 2.35. The van der Waals surface area contributed by atoms with Crippen molar-refractivity contribution in [2.45, 2.75) is 0 Å². The van der Waals surface area contributed by atoms with Crippen LogP contribution in [-0.4, -0.2) is 39.3 Å². The molecular formula is C39H24N8. The SMILES string of the molecule is c1cncc(-c2nc(-c3ccncc3)nc(-c3ccc(-c4cccc(-c5nc6c(nc7ccccn76)c6ccccc56)c4)cc3)n2)c1. The molecule has 6 aromatic heterocycles. The molecular weight excluding hydrogens is 580 g/mol. The molecule has 0 fully saturated rings. The second kappa shape index (κ2) is 11.0. The Labute approximate surface area is 269 Å².